The van der Waals surface area contributed by atoms with E-state index in [1.165, 1.54) is 47.9 Å². The Labute approximate surface area is 232 Å². The quantitative estimate of drug-likeness (QED) is 0.312. The lowest BCUT2D eigenvalue weighted by Gasteiger charge is -2.18. The molecule has 0 saturated heterocycles. The predicted molar refractivity (Wildman–Crippen MR) is 138 cm³/mol. The van der Waals surface area contributed by atoms with Gasteiger partial charge in [-0.2, -0.15) is 18.2 Å². The monoisotopic (exact) mass is 582 g/mol. The van der Waals surface area contributed by atoms with Crippen molar-refractivity contribution < 1.29 is 22.5 Å². The molecule has 0 atom stereocenters. The van der Waals surface area contributed by atoms with Crippen LogP contribution in [0, 0.1) is 13.8 Å². The number of aromatic nitrogens is 9. The SMILES string of the molecule is Cc1nc(Cn2c(=O)c3c(ncn3C3(C(=O)Nc4ccnc(-c5cnc(C)c(C(F)(F)F)c5)n4)CC3)n(C)c2=O)no1. The lowest BCUT2D eigenvalue weighted by Crippen LogP contribution is -2.42. The van der Waals surface area contributed by atoms with Crippen molar-refractivity contribution in [3.63, 3.8) is 0 Å². The first-order valence-corrected chi connectivity index (χ1v) is 12.5. The highest BCUT2D eigenvalue weighted by Crippen LogP contribution is 2.45. The zero-order chi connectivity index (χ0) is 30.0. The number of hydrogen-bond donors (Lipinski definition) is 1. The molecule has 17 heteroatoms. The van der Waals surface area contributed by atoms with E-state index in [0.717, 1.165) is 10.6 Å². The fourth-order valence-electron chi connectivity index (χ4n) is 4.72. The molecule has 1 saturated carbocycles. The lowest BCUT2D eigenvalue weighted by molar-refractivity contribution is -0.138. The summed E-state index contributed by atoms with van der Waals surface area (Å²) >= 11 is 0. The van der Waals surface area contributed by atoms with Crippen LogP contribution >= 0.6 is 0 Å². The summed E-state index contributed by atoms with van der Waals surface area (Å²) < 4.78 is 48.7. The third kappa shape index (κ3) is 4.42. The van der Waals surface area contributed by atoms with E-state index in [-0.39, 0.29) is 52.3 Å². The van der Waals surface area contributed by atoms with Crippen molar-refractivity contribution in [2.45, 2.75) is 44.9 Å². The predicted octanol–water partition coefficient (Wildman–Crippen LogP) is 1.94. The van der Waals surface area contributed by atoms with Crippen molar-refractivity contribution >= 4 is 22.9 Å². The number of nitrogens with one attached hydrogen (secondary N) is 1. The molecule has 216 valence electrons. The summed E-state index contributed by atoms with van der Waals surface area (Å²) in [5.74, 6) is -0.174. The maximum atomic E-state index is 13.6. The number of alkyl halides is 3. The molecular formula is C25H21F3N10O4. The Morgan fingerprint density at radius 1 is 1.14 bits per heavy atom. The summed E-state index contributed by atoms with van der Waals surface area (Å²) in [5.41, 5.74) is -3.54. The minimum absolute atomic E-state index is 0.0176. The van der Waals surface area contributed by atoms with Crippen molar-refractivity contribution in [3.8, 4) is 11.4 Å². The summed E-state index contributed by atoms with van der Waals surface area (Å²) in [6, 6.07) is 2.29. The summed E-state index contributed by atoms with van der Waals surface area (Å²) in [6.45, 7) is 2.57. The molecule has 0 aliphatic heterocycles. The highest BCUT2D eigenvalue weighted by atomic mass is 19.4. The molecule has 1 amide bonds. The van der Waals surface area contributed by atoms with E-state index in [9.17, 15) is 27.6 Å². The molecule has 1 fully saturated rings. The van der Waals surface area contributed by atoms with Gasteiger partial charge in [0.25, 0.3) is 11.5 Å². The van der Waals surface area contributed by atoms with Gasteiger partial charge in [0.2, 0.25) is 5.89 Å². The molecule has 1 N–H and O–H groups in total. The van der Waals surface area contributed by atoms with Gasteiger partial charge >= 0.3 is 11.9 Å². The second-order valence-corrected chi connectivity index (χ2v) is 9.86. The average molecular weight is 583 g/mol. The summed E-state index contributed by atoms with van der Waals surface area (Å²) in [4.78, 5) is 60.4. The van der Waals surface area contributed by atoms with Crippen molar-refractivity contribution in [3.05, 3.63) is 74.7 Å². The Hall–Kier alpha value is -5.22. The molecule has 14 nitrogen and oxygen atoms in total. The van der Waals surface area contributed by atoms with Crippen LogP contribution in [0.5, 0.6) is 0 Å². The van der Waals surface area contributed by atoms with Gasteiger partial charge in [-0.15, -0.1) is 0 Å². The van der Waals surface area contributed by atoms with E-state index in [0.29, 0.717) is 12.8 Å². The standard InChI is InChI=1S/C25H21F3N10O4/c1-12-15(25(26,27)28)8-14(9-30-12)19-29-7-4-16(33-19)34-22(40)24(5-6-24)38-11-31-20-18(38)21(39)37(23(41)36(20)3)10-17-32-13(2)42-35-17/h4,7-9,11H,5-6,10H2,1-3H3,(H,29,33,34,40). The summed E-state index contributed by atoms with van der Waals surface area (Å²) in [5, 5.41) is 6.42. The second kappa shape index (κ2) is 9.42. The van der Waals surface area contributed by atoms with Gasteiger partial charge in [-0.3, -0.25) is 23.7 Å². The second-order valence-electron chi connectivity index (χ2n) is 9.86. The fraction of sp³-hybridized carbons (Fsp3) is 0.320. The van der Waals surface area contributed by atoms with E-state index in [1.807, 2.05) is 0 Å². The first-order chi connectivity index (χ1) is 19.9. The van der Waals surface area contributed by atoms with Crippen LogP contribution in [0.1, 0.15) is 35.8 Å². The van der Waals surface area contributed by atoms with E-state index in [2.05, 4.69) is 35.4 Å². The number of carbonyl (C=O) groups is 1. The minimum Gasteiger partial charge on any atom is -0.340 e. The largest absolute Gasteiger partial charge is 0.418 e. The van der Waals surface area contributed by atoms with Gasteiger partial charge in [0.15, 0.2) is 22.8 Å². The smallest absolute Gasteiger partial charge is 0.340 e. The minimum atomic E-state index is -4.61. The Balaban J connectivity index is 1.34. The molecule has 0 unspecified atom stereocenters. The van der Waals surface area contributed by atoms with E-state index < -0.39 is 34.4 Å². The molecule has 1 aliphatic rings. The van der Waals surface area contributed by atoms with Crippen molar-refractivity contribution in [1.29, 1.82) is 0 Å². The van der Waals surface area contributed by atoms with E-state index in [4.69, 9.17) is 4.52 Å². The van der Waals surface area contributed by atoms with Gasteiger partial charge in [-0.1, -0.05) is 5.16 Å². The van der Waals surface area contributed by atoms with Gasteiger partial charge in [0, 0.05) is 37.6 Å². The number of carbonyl (C=O) groups excluding carboxylic acids is 1. The number of nitrogens with zero attached hydrogens (tertiary/aromatic N) is 9. The lowest BCUT2D eigenvalue weighted by atomic mass is 10.1. The third-order valence-electron chi connectivity index (χ3n) is 7.06. The van der Waals surface area contributed by atoms with Crippen LogP contribution in [0.15, 0.2) is 45.0 Å². The van der Waals surface area contributed by atoms with Gasteiger partial charge < -0.3 is 14.4 Å². The van der Waals surface area contributed by atoms with Crippen LogP contribution in [-0.2, 0) is 30.1 Å². The number of pyridine rings is 1. The number of rotatable bonds is 6. The Morgan fingerprint density at radius 3 is 2.57 bits per heavy atom. The molecule has 5 aromatic rings. The maximum Gasteiger partial charge on any atom is 0.418 e. The number of anilines is 1. The normalized spacial score (nSPS) is 14.3. The number of imidazole rings is 1. The molecule has 6 rings (SSSR count). The van der Waals surface area contributed by atoms with Gasteiger partial charge in [-0.25, -0.2) is 19.7 Å². The highest BCUT2D eigenvalue weighted by Gasteiger charge is 2.53. The first kappa shape index (κ1) is 27.0. The summed E-state index contributed by atoms with van der Waals surface area (Å²) in [6.07, 6.45) is -0.0703. The Morgan fingerprint density at radius 2 is 1.90 bits per heavy atom. The van der Waals surface area contributed by atoms with Crippen molar-refractivity contribution in [2.75, 3.05) is 5.32 Å². The van der Waals surface area contributed by atoms with Crippen LogP contribution in [-0.4, -0.2) is 49.7 Å². The molecule has 0 spiro atoms. The number of fused-ring (bicyclic) bond motifs is 1. The molecule has 5 aromatic heterocycles. The zero-order valence-corrected chi connectivity index (χ0v) is 22.3. The van der Waals surface area contributed by atoms with Crippen LogP contribution in [0.3, 0.4) is 0 Å². The van der Waals surface area contributed by atoms with Crippen LogP contribution in [0.4, 0.5) is 19.0 Å². The molecule has 0 bridgehead atoms. The fourth-order valence-corrected chi connectivity index (χ4v) is 4.72. The summed E-state index contributed by atoms with van der Waals surface area (Å²) in [7, 11) is 1.45. The Bertz CT molecular complexity index is 2000. The highest BCUT2D eigenvalue weighted by molar-refractivity contribution is 5.99. The van der Waals surface area contributed by atoms with E-state index in [1.54, 1.807) is 6.92 Å². The number of hydrogen-bond acceptors (Lipinski definition) is 10. The van der Waals surface area contributed by atoms with Crippen LogP contribution in [0.25, 0.3) is 22.6 Å². The van der Waals surface area contributed by atoms with Gasteiger partial charge in [0.05, 0.1) is 18.4 Å². The molecule has 42 heavy (non-hydrogen) atoms. The van der Waals surface area contributed by atoms with Crippen molar-refractivity contribution in [1.82, 2.24) is 43.8 Å². The third-order valence-corrected chi connectivity index (χ3v) is 7.06. The molecule has 0 aromatic carbocycles. The van der Waals surface area contributed by atoms with E-state index >= 15 is 0 Å². The number of aryl methyl sites for hydroxylation is 3. The van der Waals surface area contributed by atoms with Gasteiger partial charge in [-0.05, 0) is 31.9 Å². The zero-order valence-electron chi connectivity index (χ0n) is 22.3. The first-order valence-electron chi connectivity index (χ1n) is 12.5. The van der Waals surface area contributed by atoms with Crippen LogP contribution in [0.2, 0.25) is 0 Å². The topological polar surface area (TPSA) is 169 Å². The Kier molecular flexibility index (Phi) is 6.05. The maximum absolute atomic E-state index is 13.6. The van der Waals surface area contributed by atoms with Crippen LogP contribution < -0.4 is 16.6 Å². The van der Waals surface area contributed by atoms with Gasteiger partial charge in [0.1, 0.15) is 11.4 Å². The van der Waals surface area contributed by atoms with Crippen molar-refractivity contribution in [2.24, 2.45) is 7.05 Å². The molecule has 5 heterocycles. The molecule has 1 aliphatic carbocycles. The molecular weight excluding hydrogens is 561 g/mol. The number of amides is 1. The number of halogens is 3. The average Bonchev–Trinajstić information content (AvgIpc) is 3.45. The molecule has 0 radical (unpaired) electrons.